The molecule has 0 aliphatic carbocycles. The van der Waals surface area contributed by atoms with Gasteiger partial charge in [0.1, 0.15) is 17.3 Å². The number of nitrogens with one attached hydrogen (secondary N) is 1. The Morgan fingerprint density at radius 2 is 1.76 bits per heavy atom. The van der Waals surface area contributed by atoms with Crippen LogP contribution in [0.5, 0.6) is 17.2 Å². The Morgan fingerprint density at radius 3 is 2.43 bits per heavy atom. The predicted molar refractivity (Wildman–Crippen MR) is 163 cm³/mol. The molecule has 226 valence electrons. The number of nitrogens with zero attached hydrogens (tertiary/aromatic N) is 4. The van der Waals surface area contributed by atoms with E-state index in [9.17, 15) is 13.6 Å². The number of benzene rings is 2. The molecule has 4 rings (SSSR count). The van der Waals surface area contributed by atoms with Crippen LogP contribution in [0.25, 0.3) is 16.9 Å². The summed E-state index contributed by atoms with van der Waals surface area (Å²) in [5, 5.41) is 4.78. The third-order valence-corrected chi connectivity index (χ3v) is 8.47. The molecule has 2 aromatic heterocycles. The maximum absolute atomic E-state index is 13.2. The molecule has 2 unspecified atom stereocenters. The van der Waals surface area contributed by atoms with Gasteiger partial charge in [0.05, 0.1) is 45.7 Å². The average Bonchev–Trinajstić information content (AvgIpc) is 3.31. The molecule has 0 saturated carbocycles. The van der Waals surface area contributed by atoms with E-state index in [2.05, 4.69) is 16.9 Å². The van der Waals surface area contributed by atoms with Gasteiger partial charge in [0.2, 0.25) is 0 Å². The van der Waals surface area contributed by atoms with Crippen LogP contribution >= 0.6 is 0 Å². The first-order chi connectivity index (χ1) is 20.2. The first kappa shape index (κ1) is 31.2. The molecular weight excluding hydrogens is 558 g/mol. The standard InChI is InChI=1S/C30H39N5O6S/c1-7-9-10-11-27-31-20(3)28-30(36)32-29(33-34(27)28)23-19-22(13-15-24(23)41-8-2)35(4,42(37)38)17-16-21-12-14-25(39-5)26(18-21)40-6/h12-15,18-19H,7-11,16-17H2,1-6H3,(H-,32,33,36,37,38). The van der Waals surface area contributed by atoms with Crippen LogP contribution in [0.4, 0.5) is 5.69 Å². The number of fused-ring (bicyclic) bond motifs is 1. The van der Waals surface area contributed by atoms with Crippen LogP contribution in [0.2, 0.25) is 0 Å². The van der Waals surface area contributed by atoms with E-state index in [1.54, 1.807) is 57.0 Å². The van der Waals surface area contributed by atoms with Crippen molar-refractivity contribution in [2.45, 2.75) is 52.9 Å². The fourth-order valence-electron chi connectivity index (χ4n) is 5.00. The molecule has 0 aliphatic heterocycles. The van der Waals surface area contributed by atoms with E-state index in [0.717, 1.165) is 24.8 Å². The number of ether oxygens (including phenoxy) is 3. The van der Waals surface area contributed by atoms with Gasteiger partial charge in [-0.2, -0.15) is 0 Å². The predicted octanol–water partition coefficient (Wildman–Crippen LogP) is 4.52. The van der Waals surface area contributed by atoms with Crippen LogP contribution in [-0.4, -0.2) is 62.8 Å². The normalized spacial score (nSPS) is 13.6. The van der Waals surface area contributed by atoms with Gasteiger partial charge in [-0.1, -0.05) is 25.8 Å². The third-order valence-electron chi connectivity index (χ3n) is 7.42. The van der Waals surface area contributed by atoms with Crippen LogP contribution in [0.1, 0.15) is 50.2 Å². The summed E-state index contributed by atoms with van der Waals surface area (Å²) >= 11 is -2.53. The van der Waals surface area contributed by atoms with Gasteiger partial charge in [-0.15, -0.1) is 5.10 Å². The molecule has 2 aromatic carbocycles. The number of unbranched alkanes of at least 4 members (excludes halogenated alkanes) is 2. The highest BCUT2D eigenvalue weighted by molar-refractivity contribution is 7.78. The third kappa shape index (κ3) is 6.35. The van der Waals surface area contributed by atoms with Crippen molar-refractivity contribution in [1.29, 1.82) is 0 Å². The number of aromatic amines is 1. The topological polar surface area (TPSA) is 131 Å². The van der Waals surface area contributed by atoms with Crippen LogP contribution in [0.15, 0.2) is 41.2 Å². The van der Waals surface area contributed by atoms with E-state index >= 15 is 0 Å². The maximum atomic E-state index is 13.2. The summed E-state index contributed by atoms with van der Waals surface area (Å²) in [4.78, 5) is 20.7. The zero-order chi connectivity index (χ0) is 30.4. The first-order valence-corrected chi connectivity index (χ1v) is 15.1. The quantitative estimate of drug-likeness (QED) is 0.128. The Kier molecular flexibility index (Phi) is 10.0. The first-order valence-electron chi connectivity index (χ1n) is 14.1. The zero-order valence-corrected chi connectivity index (χ0v) is 25.9. The smallest absolute Gasteiger partial charge is 0.277 e. The largest absolute Gasteiger partial charge is 0.724 e. The molecule has 0 bridgehead atoms. The Hall–Kier alpha value is -3.74. The number of methoxy groups -OCH3 is 2. The summed E-state index contributed by atoms with van der Waals surface area (Å²) in [5.74, 6) is 2.65. The lowest BCUT2D eigenvalue weighted by atomic mass is 10.1. The second kappa shape index (κ2) is 13.5. The van der Waals surface area contributed by atoms with E-state index in [0.29, 0.717) is 65.0 Å². The summed E-state index contributed by atoms with van der Waals surface area (Å²) in [5.41, 5.74) is 2.57. The molecule has 11 nitrogen and oxygen atoms in total. The summed E-state index contributed by atoms with van der Waals surface area (Å²) in [6, 6.07) is 10.7. The molecular formula is C30H39N5O6S. The minimum atomic E-state index is -2.53. The van der Waals surface area contributed by atoms with Crippen molar-refractivity contribution in [1.82, 2.24) is 23.5 Å². The SMILES string of the molecule is CCCCCc1nc(C)c2c(=O)[nH]c(-c3cc([N+](C)(CCc4ccc(OC)c(OC)c4)S(=O)[O-])ccc3OCC)nn12. The molecule has 0 fully saturated rings. The highest BCUT2D eigenvalue weighted by Crippen LogP contribution is 2.35. The maximum Gasteiger partial charge on any atom is 0.277 e. The number of quaternary nitrogens is 1. The molecule has 0 aliphatic rings. The van der Waals surface area contributed by atoms with Gasteiger partial charge < -0.3 is 23.7 Å². The number of hydrogen-bond donors (Lipinski definition) is 1. The van der Waals surface area contributed by atoms with Crippen LogP contribution in [0.3, 0.4) is 0 Å². The fourth-order valence-corrected chi connectivity index (χ4v) is 5.53. The van der Waals surface area contributed by atoms with E-state index < -0.39 is 15.2 Å². The lowest BCUT2D eigenvalue weighted by Gasteiger charge is -2.34. The summed E-state index contributed by atoms with van der Waals surface area (Å²) in [6.45, 7) is 6.41. The molecule has 1 N–H and O–H groups in total. The fraction of sp³-hybridized carbons (Fsp3) is 0.433. The van der Waals surface area contributed by atoms with Gasteiger partial charge in [0, 0.05) is 25.0 Å². The molecule has 42 heavy (non-hydrogen) atoms. The summed E-state index contributed by atoms with van der Waals surface area (Å²) in [6.07, 6.45) is 4.19. The molecule has 2 atom stereocenters. The Bertz CT molecular complexity index is 1630. The lowest BCUT2D eigenvalue weighted by Crippen LogP contribution is -2.48. The lowest BCUT2D eigenvalue weighted by molar-refractivity contribution is 0.341. The van der Waals surface area contributed by atoms with Gasteiger partial charge >= 0.3 is 0 Å². The highest BCUT2D eigenvalue weighted by atomic mass is 32.2. The van der Waals surface area contributed by atoms with Gasteiger partial charge in [-0.3, -0.25) is 4.79 Å². The van der Waals surface area contributed by atoms with Crippen molar-refractivity contribution in [3.8, 4) is 28.6 Å². The molecule has 0 radical (unpaired) electrons. The zero-order valence-electron chi connectivity index (χ0n) is 25.1. The number of aromatic nitrogens is 4. The van der Waals surface area contributed by atoms with Crippen molar-refractivity contribution < 1.29 is 23.0 Å². The van der Waals surface area contributed by atoms with Gasteiger partial charge in [0.15, 0.2) is 34.1 Å². The Morgan fingerprint density at radius 1 is 1.02 bits per heavy atom. The minimum Gasteiger partial charge on any atom is -0.724 e. The highest BCUT2D eigenvalue weighted by Gasteiger charge is 2.29. The van der Waals surface area contributed by atoms with Crippen LogP contribution in [-0.2, 0) is 24.1 Å². The Balaban J connectivity index is 1.77. The van der Waals surface area contributed by atoms with Crippen LogP contribution in [0, 0.1) is 6.92 Å². The van der Waals surface area contributed by atoms with Crippen molar-refractivity contribution in [3.05, 3.63) is 63.8 Å². The molecule has 12 heteroatoms. The molecule has 0 spiro atoms. The molecule has 4 aromatic rings. The van der Waals surface area contributed by atoms with Crippen LogP contribution < -0.4 is 23.7 Å². The number of hydrogen-bond acceptors (Lipinski definition) is 8. The van der Waals surface area contributed by atoms with Gasteiger partial charge in [-0.05, 0) is 44.0 Å². The monoisotopic (exact) mass is 597 g/mol. The number of rotatable bonds is 14. The number of H-pyrrole nitrogens is 1. The Labute approximate surface area is 248 Å². The van der Waals surface area contributed by atoms with Gasteiger partial charge in [-0.25, -0.2) is 17.6 Å². The van der Waals surface area contributed by atoms with E-state index in [1.165, 1.54) is 0 Å². The van der Waals surface area contributed by atoms with Crippen molar-refractivity contribution in [2.24, 2.45) is 0 Å². The number of aryl methyl sites for hydroxylation is 2. The second-order valence-corrected chi connectivity index (χ2v) is 11.5. The van der Waals surface area contributed by atoms with Crippen molar-refractivity contribution >= 4 is 22.5 Å². The number of imidazole rings is 1. The second-order valence-electron chi connectivity index (χ2n) is 10.2. The van der Waals surface area contributed by atoms with E-state index in [4.69, 9.17) is 19.3 Å². The summed E-state index contributed by atoms with van der Waals surface area (Å²) < 4.78 is 43.3. The minimum absolute atomic E-state index is 0.240. The molecule has 2 heterocycles. The summed E-state index contributed by atoms with van der Waals surface area (Å²) in [7, 11) is 4.76. The van der Waals surface area contributed by atoms with E-state index in [-0.39, 0.29) is 17.9 Å². The molecule has 0 saturated heterocycles. The van der Waals surface area contributed by atoms with Crippen molar-refractivity contribution in [3.63, 3.8) is 0 Å². The van der Waals surface area contributed by atoms with E-state index in [1.807, 2.05) is 19.1 Å². The molecule has 0 amide bonds. The van der Waals surface area contributed by atoms with Crippen molar-refractivity contribution in [2.75, 3.05) is 34.4 Å². The average molecular weight is 598 g/mol. The number of likely N-dealkylation sites (N-methyl/N-ethyl adjacent to an activating group) is 1. The van der Waals surface area contributed by atoms with Gasteiger partial charge in [0.25, 0.3) is 5.56 Å².